The van der Waals surface area contributed by atoms with E-state index in [2.05, 4.69) is 10.0 Å². The van der Waals surface area contributed by atoms with E-state index in [0.29, 0.717) is 0 Å². The standard InChI is InChI=1S/C19H22N2O4S/c1-13(2)26(23,24)21-17-12-25-19(22)20-18(17)16-10-8-15(9-11-16)14-6-4-3-5-7-14/h3-11,13,17-18,21H,12H2,1-2H3,(H,20,22). The van der Waals surface area contributed by atoms with Crippen molar-refractivity contribution in [1.82, 2.24) is 10.0 Å². The summed E-state index contributed by atoms with van der Waals surface area (Å²) in [5, 5.41) is 2.15. The van der Waals surface area contributed by atoms with E-state index >= 15 is 0 Å². The predicted molar refractivity (Wildman–Crippen MR) is 100 cm³/mol. The number of rotatable bonds is 5. The summed E-state index contributed by atoms with van der Waals surface area (Å²) >= 11 is 0. The zero-order chi connectivity index (χ0) is 18.7. The molecule has 138 valence electrons. The number of ether oxygens (including phenoxy) is 1. The number of cyclic esters (lactones) is 1. The quantitative estimate of drug-likeness (QED) is 0.843. The molecule has 2 atom stereocenters. The van der Waals surface area contributed by atoms with Crippen molar-refractivity contribution in [2.75, 3.05) is 6.61 Å². The molecule has 6 nitrogen and oxygen atoms in total. The average Bonchev–Trinajstić information content (AvgIpc) is 2.64. The van der Waals surface area contributed by atoms with E-state index in [4.69, 9.17) is 4.74 Å². The molecule has 0 spiro atoms. The molecule has 26 heavy (non-hydrogen) atoms. The second-order valence-corrected chi connectivity index (χ2v) is 8.80. The molecular weight excluding hydrogens is 352 g/mol. The van der Waals surface area contributed by atoms with E-state index in [9.17, 15) is 13.2 Å². The van der Waals surface area contributed by atoms with Gasteiger partial charge in [-0.25, -0.2) is 17.9 Å². The van der Waals surface area contributed by atoms with Crippen molar-refractivity contribution in [1.29, 1.82) is 0 Å². The fraction of sp³-hybridized carbons (Fsp3) is 0.316. The van der Waals surface area contributed by atoms with Gasteiger partial charge in [0, 0.05) is 0 Å². The molecule has 2 unspecified atom stereocenters. The van der Waals surface area contributed by atoms with Gasteiger partial charge in [0.25, 0.3) is 0 Å². The third-order valence-electron chi connectivity index (χ3n) is 4.38. The zero-order valence-electron chi connectivity index (χ0n) is 14.7. The highest BCUT2D eigenvalue weighted by molar-refractivity contribution is 7.90. The van der Waals surface area contributed by atoms with E-state index in [-0.39, 0.29) is 6.61 Å². The number of amides is 1. The Hall–Kier alpha value is -2.38. The smallest absolute Gasteiger partial charge is 0.407 e. The van der Waals surface area contributed by atoms with Gasteiger partial charge in [-0.05, 0) is 30.5 Å². The van der Waals surface area contributed by atoms with Crippen LogP contribution in [-0.4, -0.2) is 32.4 Å². The molecule has 2 N–H and O–H groups in total. The second kappa shape index (κ2) is 7.47. The van der Waals surface area contributed by atoms with Crippen LogP contribution in [0.2, 0.25) is 0 Å². The van der Waals surface area contributed by atoms with Gasteiger partial charge in [0.2, 0.25) is 10.0 Å². The maximum atomic E-state index is 12.2. The predicted octanol–water partition coefficient (Wildman–Crippen LogP) is 2.83. The minimum Gasteiger partial charge on any atom is -0.448 e. The number of sulfonamides is 1. The number of nitrogens with one attached hydrogen (secondary N) is 2. The third-order valence-corrected chi connectivity index (χ3v) is 6.26. The van der Waals surface area contributed by atoms with Gasteiger partial charge in [-0.3, -0.25) is 0 Å². The topological polar surface area (TPSA) is 84.5 Å². The number of alkyl carbamates (subject to hydrolysis) is 1. The van der Waals surface area contributed by atoms with Crippen molar-refractivity contribution in [2.24, 2.45) is 0 Å². The summed E-state index contributed by atoms with van der Waals surface area (Å²) in [5.74, 6) is 0. The molecule has 1 aliphatic rings. The Morgan fingerprint density at radius 3 is 2.27 bits per heavy atom. The molecule has 0 aromatic heterocycles. The maximum absolute atomic E-state index is 12.2. The van der Waals surface area contributed by atoms with Gasteiger partial charge < -0.3 is 10.1 Å². The molecule has 1 heterocycles. The molecule has 0 aliphatic carbocycles. The van der Waals surface area contributed by atoms with Crippen molar-refractivity contribution in [3.8, 4) is 11.1 Å². The lowest BCUT2D eigenvalue weighted by atomic mass is 9.96. The molecule has 1 saturated heterocycles. The largest absolute Gasteiger partial charge is 0.448 e. The third kappa shape index (κ3) is 4.05. The summed E-state index contributed by atoms with van der Waals surface area (Å²) in [6.07, 6.45) is -0.554. The minimum atomic E-state index is -3.49. The molecule has 1 aliphatic heterocycles. The van der Waals surface area contributed by atoms with E-state index in [1.807, 2.05) is 54.6 Å². The van der Waals surface area contributed by atoms with Crippen LogP contribution in [0.3, 0.4) is 0 Å². The van der Waals surface area contributed by atoms with Crippen LogP contribution in [0.15, 0.2) is 54.6 Å². The molecular formula is C19H22N2O4S. The number of hydrogen-bond donors (Lipinski definition) is 2. The second-order valence-electron chi connectivity index (χ2n) is 6.53. The van der Waals surface area contributed by atoms with Crippen LogP contribution in [0.1, 0.15) is 25.5 Å². The molecule has 1 fully saturated rings. The van der Waals surface area contributed by atoms with E-state index < -0.39 is 33.5 Å². The Balaban J connectivity index is 1.85. The summed E-state index contributed by atoms with van der Waals surface area (Å²) in [5.41, 5.74) is 2.96. The maximum Gasteiger partial charge on any atom is 0.407 e. The van der Waals surface area contributed by atoms with Crippen molar-refractivity contribution < 1.29 is 17.9 Å². The highest BCUT2D eigenvalue weighted by atomic mass is 32.2. The Morgan fingerprint density at radius 1 is 1.04 bits per heavy atom. The van der Waals surface area contributed by atoms with E-state index in [1.165, 1.54) is 0 Å². The lowest BCUT2D eigenvalue weighted by Crippen LogP contribution is -2.54. The number of carbonyl (C=O) groups excluding carboxylic acids is 1. The summed E-state index contributed by atoms with van der Waals surface area (Å²) in [6, 6.07) is 16.6. The Bertz CT molecular complexity index is 864. The lowest BCUT2D eigenvalue weighted by Gasteiger charge is -2.33. The molecule has 1 amide bonds. The highest BCUT2D eigenvalue weighted by Gasteiger charge is 2.34. The van der Waals surface area contributed by atoms with Crippen molar-refractivity contribution >= 4 is 16.1 Å². The number of benzene rings is 2. The molecule has 2 aromatic carbocycles. The fourth-order valence-electron chi connectivity index (χ4n) is 2.81. The summed E-state index contributed by atoms with van der Waals surface area (Å²) in [4.78, 5) is 11.7. The molecule has 0 bridgehead atoms. The molecule has 0 saturated carbocycles. The van der Waals surface area contributed by atoms with Crippen LogP contribution in [0.4, 0.5) is 4.79 Å². The van der Waals surface area contributed by atoms with Crippen molar-refractivity contribution in [3.63, 3.8) is 0 Å². The van der Waals surface area contributed by atoms with Crippen molar-refractivity contribution in [2.45, 2.75) is 31.2 Å². The summed E-state index contributed by atoms with van der Waals surface area (Å²) in [6.45, 7) is 3.20. The van der Waals surface area contributed by atoms with Gasteiger partial charge in [0.05, 0.1) is 17.3 Å². The molecule has 3 rings (SSSR count). The van der Waals surface area contributed by atoms with Gasteiger partial charge in [0.1, 0.15) is 6.61 Å². The Morgan fingerprint density at radius 2 is 1.65 bits per heavy atom. The Kier molecular flexibility index (Phi) is 5.29. The van der Waals surface area contributed by atoms with Crippen LogP contribution in [-0.2, 0) is 14.8 Å². The van der Waals surface area contributed by atoms with Gasteiger partial charge in [0.15, 0.2) is 0 Å². The zero-order valence-corrected chi connectivity index (χ0v) is 15.5. The molecule has 7 heteroatoms. The van der Waals surface area contributed by atoms with E-state index in [1.54, 1.807) is 13.8 Å². The van der Waals surface area contributed by atoms with Gasteiger partial charge in [-0.1, -0.05) is 54.6 Å². The summed E-state index contributed by atoms with van der Waals surface area (Å²) < 4.78 is 32.1. The van der Waals surface area contributed by atoms with Crippen LogP contribution in [0, 0.1) is 0 Å². The first-order valence-corrected chi connectivity index (χ1v) is 10.0. The molecule has 0 radical (unpaired) electrons. The van der Waals surface area contributed by atoms with E-state index in [0.717, 1.165) is 16.7 Å². The highest BCUT2D eigenvalue weighted by Crippen LogP contribution is 2.25. The SMILES string of the molecule is CC(C)S(=O)(=O)NC1COC(=O)NC1c1ccc(-c2ccccc2)cc1. The van der Waals surface area contributed by atoms with Gasteiger partial charge >= 0.3 is 6.09 Å². The monoisotopic (exact) mass is 374 g/mol. The number of carbonyl (C=O) groups is 1. The lowest BCUT2D eigenvalue weighted by molar-refractivity contribution is 0.0996. The average molecular weight is 374 g/mol. The minimum absolute atomic E-state index is 0.0110. The first kappa shape index (κ1) is 18.4. The van der Waals surface area contributed by atoms with Crippen LogP contribution < -0.4 is 10.0 Å². The van der Waals surface area contributed by atoms with Crippen molar-refractivity contribution in [3.05, 3.63) is 60.2 Å². The summed E-state index contributed by atoms with van der Waals surface area (Å²) in [7, 11) is -3.49. The van der Waals surface area contributed by atoms with Gasteiger partial charge in [-0.15, -0.1) is 0 Å². The first-order valence-electron chi connectivity index (χ1n) is 8.46. The van der Waals surface area contributed by atoms with Crippen LogP contribution in [0.25, 0.3) is 11.1 Å². The Labute approximate surface area is 153 Å². The number of hydrogen-bond acceptors (Lipinski definition) is 4. The molecule has 2 aromatic rings. The fourth-order valence-corrected chi connectivity index (χ4v) is 3.71. The van der Waals surface area contributed by atoms with Gasteiger partial charge in [-0.2, -0.15) is 0 Å². The van der Waals surface area contributed by atoms with Crippen LogP contribution >= 0.6 is 0 Å². The van der Waals surface area contributed by atoms with Crippen LogP contribution in [0.5, 0.6) is 0 Å². The first-order chi connectivity index (χ1) is 12.4. The normalized spacial score (nSPS) is 20.5.